The van der Waals surface area contributed by atoms with Crippen LogP contribution in [0.2, 0.25) is 0 Å². The molecular formula is C51H50N6O6. The summed E-state index contributed by atoms with van der Waals surface area (Å²) in [6.45, 7) is 4.11. The van der Waals surface area contributed by atoms with Crippen LogP contribution in [0, 0.1) is 5.92 Å². The number of aromatic amines is 1. The number of hydrogen-bond donors (Lipinski definition) is 5. The van der Waals surface area contributed by atoms with Gasteiger partial charge in [0.05, 0.1) is 30.5 Å². The number of amides is 1. The number of H-pyrrole nitrogens is 1. The van der Waals surface area contributed by atoms with Crippen LogP contribution in [0.25, 0.3) is 22.3 Å². The monoisotopic (exact) mass is 842 g/mol. The van der Waals surface area contributed by atoms with Crippen molar-refractivity contribution >= 4 is 22.8 Å². The molecule has 2 unspecified atom stereocenters. The van der Waals surface area contributed by atoms with Gasteiger partial charge < -0.3 is 30.6 Å². The van der Waals surface area contributed by atoms with E-state index in [2.05, 4.69) is 49.8 Å². The number of carbonyl (C=O) groups excluding carboxylic acids is 2. The summed E-state index contributed by atoms with van der Waals surface area (Å²) in [5.41, 5.74) is 6.22. The summed E-state index contributed by atoms with van der Waals surface area (Å²) >= 11 is 0. The van der Waals surface area contributed by atoms with Crippen LogP contribution in [-0.4, -0.2) is 68.2 Å². The topological polar surface area (TPSA) is 170 Å². The van der Waals surface area contributed by atoms with Crippen LogP contribution in [0.4, 0.5) is 0 Å². The molecular weight excluding hydrogens is 793 g/mol. The Morgan fingerprint density at radius 1 is 0.810 bits per heavy atom. The van der Waals surface area contributed by atoms with Crippen LogP contribution >= 0.6 is 0 Å². The third-order valence-electron chi connectivity index (χ3n) is 11.6. The van der Waals surface area contributed by atoms with Gasteiger partial charge in [-0.2, -0.15) is 0 Å². The van der Waals surface area contributed by atoms with Crippen molar-refractivity contribution in [2.75, 3.05) is 26.2 Å². The van der Waals surface area contributed by atoms with Crippen molar-refractivity contribution in [2.24, 2.45) is 5.92 Å². The van der Waals surface area contributed by atoms with E-state index in [0.717, 1.165) is 54.7 Å². The first-order valence-corrected chi connectivity index (χ1v) is 21.3. The van der Waals surface area contributed by atoms with Crippen molar-refractivity contribution in [3.05, 3.63) is 195 Å². The quantitative estimate of drug-likeness (QED) is 0.0637. The molecule has 1 saturated heterocycles. The van der Waals surface area contributed by atoms with Gasteiger partial charge in [-0.1, -0.05) is 97.1 Å². The number of piperidine rings is 1. The number of aliphatic hydroxyl groups excluding tert-OH is 1. The van der Waals surface area contributed by atoms with Gasteiger partial charge in [0.15, 0.2) is 5.82 Å². The Morgan fingerprint density at radius 2 is 1.56 bits per heavy atom. The smallest absolute Gasteiger partial charge is 0.317 e. The van der Waals surface area contributed by atoms with Crippen molar-refractivity contribution in [3.8, 4) is 17.1 Å². The largest absolute Gasteiger partial charge is 0.506 e. The van der Waals surface area contributed by atoms with Gasteiger partial charge in [0.25, 0.3) is 5.91 Å². The van der Waals surface area contributed by atoms with Gasteiger partial charge in [-0.15, -0.1) is 0 Å². The molecule has 2 aromatic heterocycles. The maximum absolute atomic E-state index is 13.9. The summed E-state index contributed by atoms with van der Waals surface area (Å²) < 4.78 is 6.07. The lowest BCUT2D eigenvalue weighted by Gasteiger charge is -2.32. The molecule has 0 radical (unpaired) electrons. The highest BCUT2D eigenvalue weighted by Gasteiger charge is 2.27. The molecule has 0 spiro atoms. The second-order valence-electron chi connectivity index (χ2n) is 16.0. The number of ether oxygens (including phenoxy) is 1. The van der Waals surface area contributed by atoms with Gasteiger partial charge in [0.1, 0.15) is 11.7 Å². The zero-order chi connectivity index (χ0) is 43.5. The first-order chi connectivity index (χ1) is 30.8. The average Bonchev–Trinajstić information content (AvgIpc) is 3.32. The Balaban J connectivity index is 0.848. The van der Waals surface area contributed by atoms with E-state index in [4.69, 9.17) is 9.72 Å². The molecule has 1 aliphatic rings. The summed E-state index contributed by atoms with van der Waals surface area (Å²) in [6.07, 6.45) is 2.73. The Hall–Kier alpha value is -6.99. The highest BCUT2D eigenvalue weighted by Crippen LogP contribution is 2.31. The van der Waals surface area contributed by atoms with Gasteiger partial charge in [0.2, 0.25) is 5.56 Å². The Morgan fingerprint density at radius 3 is 2.33 bits per heavy atom. The van der Waals surface area contributed by atoms with Gasteiger partial charge >= 0.3 is 5.97 Å². The molecule has 12 heteroatoms. The van der Waals surface area contributed by atoms with Crippen LogP contribution in [0.1, 0.15) is 68.7 Å². The molecule has 12 nitrogen and oxygen atoms in total. The number of nitrogens with one attached hydrogen (secondary N) is 3. The molecule has 320 valence electrons. The fourth-order valence-corrected chi connectivity index (χ4v) is 8.10. The van der Waals surface area contributed by atoms with E-state index < -0.39 is 12.0 Å². The van der Waals surface area contributed by atoms with Crippen molar-refractivity contribution in [2.45, 2.75) is 44.5 Å². The van der Waals surface area contributed by atoms with Gasteiger partial charge in [-0.3, -0.25) is 19.3 Å². The molecule has 8 rings (SSSR count). The lowest BCUT2D eigenvalue weighted by molar-refractivity contribution is -0.146. The number of carbonyl (C=O) groups is 2. The first-order valence-electron chi connectivity index (χ1n) is 21.3. The lowest BCUT2D eigenvalue weighted by atomic mass is 9.90. The molecule has 1 fully saturated rings. The van der Waals surface area contributed by atoms with Crippen molar-refractivity contribution in [1.82, 2.24) is 30.5 Å². The highest BCUT2D eigenvalue weighted by molar-refractivity contribution is 5.94. The second kappa shape index (κ2) is 20.3. The number of rotatable bonds is 16. The second-order valence-corrected chi connectivity index (χ2v) is 16.0. The van der Waals surface area contributed by atoms with E-state index in [0.29, 0.717) is 47.1 Å². The van der Waals surface area contributed by atoms with Crippen molar-refractivity contribution in [1.29, 1.82) is 0 Å². The van der Waals surface area contributed by atoms with Crippen LogP contribution in [0.3, 0.4) is 0 Å². The SMILES string of the molecule is O=C(NCc1ccnc(-c2cccc(C(C(=O)OCC3CCN(Cc4ccccc4)CC3)c3ccccc3)c2)n1)c1ccc(CNCC(O)c2ccc(O)c3[nH]c(=O)ccc23)cc1. The minimum Gasteiger partial charge on any atom is -0.506 e. The fraction of sp³-hybridized carbons (Fsp3) is 0.235. The van der Waals surface area contributed by atoms with E-state index in [1.807, 2.05) is 72.8 Å². The molecule has 2 atom stereocenters. The number of likely N-dealkylation sites (tertiary alicyclic amines) is 1. The predicted molar refractivity (Wildman–Crippen MR) is 242 cm³/mol. The number of benzene rings is 5. The maximum atomic E-state index is 13.9. The highest BCUT2D eigenvalue weighted by atomic mass is 16.5. The minimum atomic E-state index is -0.889. The number of aromatic nitrogens is 3. The molecule has 5 N–H and O–H groups in total. The number of hydrogen-bond acceptors (Lipinski definition) is 10. The molecule has 7 aromatic rings. The van der Waals surface area contributed by atoms with Crippen molar-refractivity contribution < 1.29 is 24.5 Å². The third kappa shape index (κ3) is 10.9. The molecule has 1 aliphatic heterocycles. The third-order valence-corrected chi connectivity index (χ3v) is 11.6. The van der Waals surface area contributed by atoms with Crippen LogP contribution in [-0.2, 0) is 29.2 Å². The molecule has 1 amide bonds. The summed E-state index contributed by atoms with van der Waals surface area (Å²) in [7, 11) is 0. The molecule has 0 aliphatic carbocycles. The number of phenolic OH excluding ortho intramolecular Hbond substituents is 1. The number of phenols is 1. The standard InChI is InChI=1S/C51H50N6O6/c58-44-20-18-42(43-19-21-46(60)56-48(43)44)45(59)31-52-29-34-14-16-38(17-15-34)50(61)54-30-41-22-25-53-49(55-41)40-13-7-12-39(28-40)47(37-10-5-2-6-11-37)51(62)63-33-36-23-26-57(27-24-36)32-35-8-3-1-4-9-35/h1-22,25,28,36,45,47,52,58-59H,23-24,26-27,29-33H2,(H,54,61)(H,56,60). The van der Waals surface area contributed by atoms with E-state index in [1.54, 1.807) is 36.5 Å². The van der Waals surface area contributed by atoms with E-state index in [9.17, 15) is 24.6 Å². The lowest BCUT2D eigenvalue weighted by Crippen LogP contribution is -2.35. The number of fused-ring (bicyclic) bond motifs is 1. The molecule has 3 heterocycles. The average molecular weight is 843 g/mol. The number of aliphatic hydroxyl groups is 1. The van der Waals surface area contributed by atoms with Crippen molar-refractivity contribution in [3.63, 3.8) is 0 Å². The summed E-state index contributed by atoms with van der Waals surface area (Å²) in [5, 5.41) is 27.8. The fourth-order valence-electron chi connectivity index (χ4n) is 8.10. The molecule has 63 heavy (non-hydrogen) atoms. The van der Waals surface area contributed by atoms with E-state index >= 15 is 0 Å². The molecule has 0 saturated carbocycles. The minimum absolute atomic E-state index is 0.0650. The normalized spacial score (nSPS) is 14.2. The Labute approximate surface area is 365 Å². The first kappa shape index (κ1) is 42.7. The number of nitrogens with zero attached hydrogens (tertiary/aromatic N) is 3. The predicted octanol–water partition coefficient (Wildman–Crippen LogP) is 7.03. The van der Waals surface area contributed by atoms with Gasteiger partial charge in [0, 0.05) is 48.4 Å². The van der Waals surface area contributed by atoms with E-state index in [1.165, 1.54) is 17.7 Å². The van der Waals surface area contributed by atoms with Gasteiger partial charge in [-0.05, 0) is 96.1 Å². The van der Waals surface area contributed by atoms with Crippen LogP contribution in [0.15, 0.2) is 151 Å². The number of pyridine rings is 1. The molecule has 5 aromatic carbocycles. The number of aromatic hydroxyl groups is 1. The summed E-state index contributed by atoms with van der Waals surface area (Å²) in [6, 6.07) is 42.8. The van der Waals surface area contributed by atoms with Gasteiger partial charge in [-0.25, -0.2) is 9.97 Å². The zero-order valence-electron chi connectivity index (χ0n) is 34.8. The number of esters is 1. The maximum Gasteiger partial charge on any atom is 0.317 e. The summed E-state index contributed by atoms with van der Waals surface area (Å²) in [4.78, 5) is 53.2. The Bertz CT molecular complexity index is 2700. The van der Waals surface area contributed by atoms with Crippen LogP contribution in [0.5, 0.6) is 5.75 Å². The molecule has 0 bridgehead atoms. The van der Waals surface area contributed by atoms with E-state index in [-0.39, 0.29) is 41.8 Å². The summed E-state index contributed by atoms with van der Waals surface area (Å²) in [5.74, 6) is -0.450. The Kier molecular flexibility index (Phi) is 13.7. The van der Waals surface area contributed by atoms with Crippen LogP contribution < -0.4 is 16.2 Å². The zero-order valence-corrected chi connectivity index (χ0v) is 34.8.